The van der Waals surface area contributed by atoms with Gasteiger partial charge in [-0.05, 0) is 0 Å². The van der Waals surface area contributed by atoms with Crippen LogP contribution in [0.1, 0.15) is 2.85 Å². The van der Waals surface area contributed by atoms with Crippen LogP contribution in [-0.2, 0) is 0 Å². The molecule has 0 unspecified atom stereocenters. The molecule has 0 atom stereocenters. The van der Waals surface area contributed by atoms with Crippen molar-refractivity contribution in [3.8, 4) is 5.40 Å². The minimum Gasteiger partial charge on any atom is -1.00 e. The zero-order chi connectivity index (χ0) is 2.71. The van der Waals surface area contributed by atoms with Crippen molar-refractivity contribution >= 4 is 12.6 Å². The predicted molar refractivity (Wildman–Crippen MR) is 16.8 cm³/mol. The van der Waals surface area contributed by atoms with E-state index in [-0.39, 0.29) is 40.6 Å². The molecule has 0 aromatic heterocycles. The Kier molecular flexibility index (Phi) is 65.8. The van der Waals surface area contributed by atoms with Crippen LogP contribution in [0.15, 0.2) is 0 Å². The number of thiol groups is 1. The van der Waals surface area contributed by atoms with Crippen LogP contribution in [0.25, 0.3) is 0 Å². The number of nitrogens with zero attached hydrogens (tertiary/aromatic N) is 1. The molecule has 0 saturated carbocycles. The molecule has 0 saturated heterocycles. The molecule has 20 valence electrons. The minimum absolute atomic E-state index is 0. The fourth-order valence-electron chi connectivity index (χ4n) is 0. The van der Waals surface area contributed by atoms with Gasteiger partial charge in [0.2, 0.25) is 0 Å². The first-order chi connectivity index (χ1) is 1.41. The molecule has 0 fully saturated rings. The summed E-state index contributed by atoms with van der Waals surface area (Å²) in [5.41, 5.74) is 0. The quantitative estimate of drug-likeness (QED) is 0.173. The van der Waals surface area contributed by atoms with E-state index in [0.29, 0.717) is 0 Å². The molecule has 0 N–H and O–H groups in total. The van der Waals surface area contributed by atoms with E-state index in [1.807, 2.05) is 0 Å². The SMILES string of the molecule is N#CS.[H-].[H-].[Li+].[Li+]. The fraction of sp³-hybridized carbons (Fsp3) is 0. The second-order valence-corrected chi connectivity index (χ2v) is 0.300. The molecule has 0 spiro atoms. The van der Waals surface area contributed by atoms with E-state index in [9.17, 15) is 0 Å². The molecule has 0 bridgehead atoms. The van der Waals surface area contributed by atoms with Crippen LogP contribution in [-0.4, -0.2) is 0 Å². The smallest absolute Gasteiger partial charge is 1.00 e. The monoisotopic (exact) mass is 75.0 g/mol. The van der Waals surface area contributed by atoms with Crippen molar-refractivity contribution in [1.82, 2.24) is 0 Å². The molecule has 0 aliphatic rings. The number of hydrogen-bond donors (Lipinski definition) is 1. The van der Waals surface area contributed by atoms with Crippen LogP contribution in [0.4, 0.5) is 0 Å². The summed E-state index contributed by atoms with van der Waals surface area (Å²) in [6.45, 7) is 0. The fourth-order valence-corrected chi connectivity index (χ4v) is 0. The van der Waals surface area contributed by atoms with Crippen molar-refractivity contribution in [3.05, 3.63) is 0 Å². The third kappa shape index (κ3) is 43.3. The van der Waals surface area contributed by atoms with Crippen molar-refractivity contribution in [1.29, 1.82) is 5.26 Å². The van der Waals surface area contributed by atoms with E-state index in [2.05, 4.69) is 12.6 Å². The maximum absolute atomic E-state index is 7.18. The van der Waals surface area contributed by atoms with Crippen LogP contribution in [0.3, 0.4) is 0 Å². The van der Waals surface area contributed by atoms with Crippen LogP contribution < -0.4 is 37.7 Å². The van der Waals surface area contributed by atoms with Crippen molar-refractivity contribution in [3.63, 3.8) is 0 Å². The van der Waals surface area contributed by atoms with E-state index in [1.54, 1.807) is 0 Å². The Morgan fingerprint density at radius 2 is 1.60 bits per heavy atom. The third-order valence-electron chi connectivity index (χ3n) is 0. The number of rotatable bonds is 0. The van der Waals surface area contributed by atoms with E-state index in [0.717, 1.165) is 0 Å². The number of nitriles is 1. The van der Waals surface area contributed by atoms with Gasteiger partial charge in [0.15, 0.2) is 0 Å². The van der Waals surface area contributed by atoms with Crippen molar-refractivity contribution in [2.24, 2.45) is 0 Å². The van der Waals surface area contributed by atoms with Gasteiger partial charge in [-0.1, -0.05) is 12.6 Å². The predicted octanol–water partition coefficient (Wildman–Crippen LogP) is -5.37. The summed E-state index contributed by atoms with van der Waals surface area (Å²) in [6, 6.07) is 0. The summed E-state index contributed by atoms with van der Waals surface area (Å²) >= 11 is 3.09. The summed E-state index contributed by atoms with van der Waals surface area (Å²) in [7, 11) is 0. The van der Waals surface area contributed by atoms with Gasteiger partial charge in [0, 0.05) is 0 Å². The summed E-state index contributed by atoms with van der Waals surface area (Å²) in [4.78, 5) is 0. The number of hydrogen-bond acceptors (Lipinski definition) is 2. The molecule has 5 heavy (non-hydrogen) atoms. The van der Waals surface area contributed by atoms with Gasteiger partial charge in [-0.15, -0.1) is 0 Å². The Morgan fingerprint density at radius 1 is 1.60 bits per heavy atom. The second kappa shape index (κ2) is 19.8. The van der Waals surface area contributed by atoms with Gasteiger partial charge >= 0.3 is 37.7 Å². The zero-order valence-electron chi connectivity index (χ0n) is 5.39. The van der Waals surface area contributed by atoms with E-state index < -0.39 is 0 Å². The van der Waals surface area contributed by atoms with Gasteiger partial charge in [-0.2, -0.15) is 5.26 Å². The van der Waals surface area contributed by atoms with E-state index in [4.69, 9.17) is 5.26 Å². The Bertz CT molecular complexity index is 37.2. The summed E-state index contributed by atoms with van der Waals surface area (Å²) < 4.78 is 0. The summed E-state index contributed by atoms with van der Waals surface area (Å²) in [6.07, 6.45) is 0. The molecule has 1 nitrogen and oxygen atoms in total. The minimum atomic E-state index is 0. The van der Waals surface area contributed by atoms with Gasteiger partial charge in [0.05, 0.1) is 0 Å². The van der Waals surface area contributed by atoms with Crippen LogP contribution in [0.2, 0.25) is 0 Å². The second-order valence-electron chi connectivity index (χ2n) is 0.100. The van der Waals surface area contributed by atoms with Gasteiger partial charge in [-0.3, -0.25) is 0 Å². The van der Waals surface area contributed by atoms with Gasteiger partial charge < -0.3 is 2.85 Å². The van der Waals surface area contributed by atoms with Crippen LogP contribution in [0.5, 0.6) is 0 Å². The van der Waals surface area contributed by atoms with Crippen LogP contribution >= 0.6 is 12.6 Å². The molecule has 0 heterocycles. The van der Waals surface area contributed by atoms with E-state index >= 15 is 0 Å². The summed E-state index contributed by atoms with van der Waals surface area (Å²) in [5.74, 6) is 0. The average Bonchev–Trinajstić information content (AvgIpc) is 0.918. The number of thiocyanates is 1. The first kappa shape index (κ1) is 16.6. The molecule has 4 heteroatoms. The normalized spacial score (nSPS) is 1.60. The Labute approximate surface area is 63.9 Å². The Hall–Kier alpha value is 1.03. The van der Waals surface area contributed by atoms with E-state index in [1.165, 1.54) is 5.40 Å². The van der Waals surface area contributed by atoms with Crippen molar-refractivity contribution < 1.29 is 40.6 Å². The topological polar surface area (TPSA) is 23.8 Å². The summed E-state index contributed by atoms with van der Waals surface area (Å²) in [5, 5.41) is 8.63. The molecule has 0 amide bonds. The molecular weight excluding hydrogens is 72.0 g/mol. The molecule has 0 rings (SSSR count). The largest absolute Gasteiger partial charge is 1.00 e. The molecule has 0 aromatic rings. The zero-order valence-corrected chi connectivity index (χ0v) is 4.29. The van der Waals surface area contributed by atoms with Crippen molar-refractivity contribution in [2.45, 2.75) is 0 Å². The van der Waals surface area contributed by atoms with Gasteiger partial charge in [-0.25, -0.2) is 0 Å². The third-order valence-corrected chi connectivity index (χ3v) is 0. The van der Waals surface area contributed by atoms with Crippen molar-refractivity contribution in [2.75, 3.05) is 0 Å². The maximum Gasteiger partial charge on any atom is 1.00 e. The molecule has 0 aromatic carbocycles. The first-order valence-electron chi connectivity index (χ1n) is 0.447. The molecule has 0 radical (unpaired) electrons. The first-order valence-corrected chi connectivity index (χ1v) is 0.894. The Morgan fingerprint density at radius 3 is 1.60 bits per heavy atom. The average molecular weight is 75.0 g/mol. The van der Waals surface area contributed by atoms with Gasteiger partial charge in [0.1, 0.15) is 5.40 Å². The van der Waals surface area contributed by atoms with Gasteiger partial charge in [0.25, 0.3) is 0 Å². The standard InChI is InChI=1S/CHNS.2Li.2H/c2-1-3;;;;/h3H;;;;/q;2*+1;2*-1. The maximum atomic E-state index is 7.18. The molecule has 0 aliphatic carbocycles. The molecule has 0 aliphatic heterocycles. The van der Waals surface area contributed by atoms with Crippen LogP contribution in [0, 0.1) is 10.7 Å². The molecular formula is CH3Li2NS. The Balaban J connectivity index is -0.00000000333.